The van der Waals surface area contributed by atoms with E-state index in [4.69, 9.17) is 25.5 Å². The molecule has 29 heavy (non-hydrogen) atoms. The first-order chi connectivity index (χ1) is 14.1. The summed E-state index contributed by atoms with van der Waals surface area (Å²) in [4.78, 5) is 24.6. The van der Waals surface area contributed by atoms with Crippen LogP contribution in [-0.2, 0) is 11.3 Å². The molecule has 3 aromatic rings. The normalized spacial score (nSPS) is 16.0. The standard InChI is InChI=1S/C19H16ClN3O5S/c20-12-5-3-11(4-6-12)9-27-16-10-28-15(8-13(16)24)17(25)21-19-23-22-18(29-19)14-2-1-7-26-14/h3-6,8,10,14H,1-2,7,9H2,(H,21,23,25)/t14-/m0/s1. The smallest absolute Gasteiger partial charge is 0.293 e. The molecular formula is C19H16ClN3O5S. The van der Waals surface area contributed by atoms with E-state index < -0.39 is 11.3 Å². The third-order valence-electron chi connectivity index (χ3n) is 4.20. The van der Waals surface area contributed by atoms with Crippen LogP contribution in [0.4, 0.5) is 5.13 Å². The Morgan fingerprint density at radius 2 is 2.14 bits per heavy atom. The van der Waals surface area contributed by atoms with Gasteiger partial charge in [-0.25, -0.2) is 0 Å². The Kier molecular flexibility index (Phi) is 5.89. The van der Waals surface area contributed by atoms with Gasteiger partial charge in [-0.1, -0.05) is 35.1 Å². The van der Waals surface area contributed by atoms with Crippen molar-refractivity contribution in [3.63, 3.8) is 0 Å². The second-order valence-corrected chi connectivity index (χ2v) is 7.73. The molecule has 3 heterocycles. The highest BCUT2D eigenvalue weighted by Crippen LogP contribution is 2.32. The minimum absolute atomic E-state index is 0.00748. The Hall–Kier alpha value is -2.75. The van der Waals surface area contributed by atoms with Crippen LogP contribution in [-0.4, -0.2) is 22.7 Å². The van der Waals surface area contributed by atoms with Crippen LogP contribution in [0.25, 0.3) is 0 Å². The third kappa shape index (κ3) is 4.81. The molecule has 150 valence electrons. The average molecular weight is 434 g/mol. The van der Waals surface area contributed by atoms with Gasteiger partial charge < -0.3 is 13.9 Å². The molecule has 0 bridgehead atoms. The largest absolute Gasteiger partial charge is 0.482 e. The number of amides is 1. The number of halogens is 1. The van der Waals surface area contributed by atoms with Crippen LogP contribution < -0.4 is 15.5 Å². The van der Waals surface area contributed by atoms with Crippen molar-refractivity contribution < 1.29 is 18.7 Å². The highest BCUT2D eigenvalue weighted by molar-refractivity contribution is 7.15. The molecule has 1 amide bonds. The number of rotatable bonds is 6. The fraction of sp³-hybridized carbons (Fsp3) is 0.263. The average Bonchev–Trinajstić information content (AvgIpc) is 3.40. The Labute approximate surface area is 174 Å². The summed E-state index contributed by atoms with van der Waals surface area (Å²) >= 11 is 7.07. The van der Waals surface area contributed by atoms with Crippen molar-refractivity contribution >= 4 is 34.0 Å². The molecule has 1 aromatic carbocycles. The zero-order valence-electron chi connectivity index (χ0n) is 15.1. The van der Waals surface area contributed by atoms with E-state index >= 15 is 0 Å². The molecular weight excluding hydrogens is 418 g/mol. The van der Waals surface area contributed by atoms with Crippen LogP contribution in [0.1, 0.15) is 40.1 Å². The van der Waals surface area contributed by atoms with Crippen LogP contribution in [0.3, 0.4) is 0 Å². The van der Waals surface area contributed by atoms with Crippen molar-refractivity contribution in [2.24, 2.45) is 0 Å². The van der Waals surface area contributed by atoms with Gasteiger partial charge >= 0.3 is 0 Å². The SMILES string of the molecule is O=C(Nc1nnc([C@@H]2CCCO2)s1)c1cc(=O)c(OCc2ccc(Cl)cc2)co1. The van der Waals surface area contributed by atoms with Gasteiger partial charge in [0.05, 0.1) is 0 Å². The Morgan fingerprint density at radius 3 is 2.86 bits per heavy atom. The number of nitrogens with zero attached hydrogens (tertiary/aromatic N) is 2. The molecule has 1 fully saturated rings. The van der Waals surface area contributed by atoms with Crippen molar-refractivity contribution in [1.29, 1.82) is 0 Å². The lowest BCUT2D eigenvalue weighted by atomic mass is 10.2. The number of ether oxygens (including phenoxy) is 2. The number of carbonyl (C=O) groups excluding carboxylic acids is 1. The van der Waals surface area contributed by atoms with E-state index in [9.17, 15) is 9.59 Å². The van der Waals surface area contributed by atoms with Gasteiger partial charge in [0.15, 0.2) is 5.76 Å². The number of hydrogen-bond acceptors (Lipinski definition) is 8. The molecule has 0 unspecified atom stereocenters. The summed E-state index contributed by atoms with van der Waals surface area (Å²) in [6.45, 7) is 0.869. The molecule has 8 nitrogen and oxygen atoms in total. The minimum atomic E-state index is -0.596. The number of anilines is 1. The molecule has 2 aromatic heterocycles. The number of nitrogens with one attached hydrogen (secondary N) is 1. The van der Waals surface area contributed by atoms with Crippen molar-refractivity contribution in [2.45, 2.75) is 25.6 Å². The van der Waals surface area contributed by atoms with E-state index in [1.807, 2.05) is 0 Å². The Bertz CT molecular complexity index is 1060. The lowest BCUT2D eigenvalue weighted by Gasteiger charge is -2.06. The van der Waals surface area contributed by atoms with Gasteiger partial charge in [0.25, 0.3) is 5.91 Å². The molecule has 1 atom stereocenters. The predicted molar refractivity (Wildman–Crippen MR) is 107 cm³/mol. The first-order valence-corrected chi connectivity index (χ1v) is 10.0. The van der Waals surface area contributed by atoms with Crippen LogP contribution >= 0.6 is 22.9 Å². The molecule has 10 heteroatoms. The summed E-state index contributed by atoms with van der Waals surface area (Å²) in [5.41, 5.74) is 0.376. The first kappa shape index (κ1) is 19.6. The van der Waals surface area contributed by atoms with Gasteiger partial charge in [-0.15, -0.1) is 10.2 Å². The molecule has 1 aliphatic rings. The number of hydrogen-bond donors (Lipinski definition) is 1. The third-order valence-corrected chi connectivity index (χ3v) is 5.38. The van der Waals surface area contributed by atoms with E-state index in [1.54, 1.807) is 24.3 Å². The molecule has 0 saturated carbocycles. The zero-order valence-corrected chi connectivity index (χ0v) is 16.7. The van der Waals surface area contributed by atoms with Crippen LogP contribution in [0, 0.1) is 0 Å². The van der Waals surface area contributed by atoms with Gasteiger partial charge in [-0.05, 0) is 30.5 Å². The molecule has 1 N–H and O–H groups in total. The molecule has 1 aliphatic heterocycles. The summed E-state index contributed by atoms with van der Waals surface area (Å²) in [6, 6.07) is 8.12. The second kappa shape index (κ2) is 8.73. The summed E-state index contributed by atoms with van der Waals surface area (Å²) in [5.74, 6) is -0.739. The molecule has 4 rings (SSSR count). The molecule has 0 aliphatic carbocycles. The maximum atomic E-state index is 12.3. The van der Waals surface area contributed by atoms with Gasteiger partial charge in [0.2, 0.25) is 16.3 Å². The number of benzene rings is 1. The van der Waals surface area contributed by atoms with Crippen molar-refractivity contribution in [1.82, 2.24) is 10.2 Å². The zero-order chi connectivity index (χ0) is 20.2. The van der Waals surface area contributed by atoms with E-state index in [0.29, 0.717) is 21.8 Å². The second-order valence-electron chi connectivity index (χ2n) is 6.29. The fourth-order valence-corrected chi connectivity index (χ4v) is 3.66. The van der Waals surface area contributed by atoms with E-state index in [1.165, 1.54) is 11.3 Å². The Balaban J connectivity index is 1.38. The van der Waals surface area contributed by atoms with Crippen LogP contribution in [0.2, 0.25) is 5.02 Å². The van der Waals surface area contributed by atoms with Crippen LogP contribution in [0.5, 0.6) is 5.75 Å². The number of aromatic nitrogens is 2. The predicted octanol–water partition coefficient (Wildman–Crippen LogP) is 3.83. The first-order valence-electron chi connectivity index (χ1n) is 8.85. The van der Waals surface area contributed by atoms with E-state index in [2.05, 4.69) is 15.5 Å². The van der Waals surface area contributed by atoms with Crippen LogP contribution in [0.15, 0.2) is 45.8 Å². The van der Waals surface area contributed by atoms with Crippen molar-refractivity contribution in [3.05, 3.63) is 68.2 Å². The topological polar surface area (TPSA) is 104 Å². The van der Waals surface area contributed by atoms with Crippen molar-refractivity contribution in [2.75, 3.05) is 11.9 Å². The van der Waals surface area contributed by atoms with Gasteiger partial charge in [-0.3, -0.25) is 14.9 Å². The van der Waals surface area contributed by atoms with Gasteiger partial charge in [0, 0.05) is 17.7 Å². The lowest BCUT2D eigenvalue weighted by Crippen LogP contribution is -2.15. The quantitative estimate of drug-likeness (QED) is 0.630. The maximum Gasteiger partial charge on any atom is 0.293 e. The minimum Gasteiger partial charge on any atom is -0.482 e. The molecule has 0 radical (unpaired) electrons. The summed E-state index contributed by atoms with van der Waals surface area (Å²) in [5, 5.41) is 12.2. The summed E-state index contributed by atoms with van der Waals surface area (Å²) in [7, 11) is 0. The molecule has 0 spiro atoms. The maximum absolute atomic E-state index is 12.3. The Morgan fingerprint density at radius 1 is 1.31 bits per heavy atom. The molecule has 1 saturated heterocycles. The highest BCUT2D eigenvalue weighted by Gasteiger charge is 2.23. The summed E-state index contributed by atoms with van der Waals surface area (Å²) < 4.78 is 16.3. The number of carbonyl (C=O) groups is 1. The van der Waals surface area contributed by atoms with Gasteiger partial charge in [-0.2, -0.15) is 0 Å². The van der Waals surface area contributed by atoms with E-state index in [0.717, 1.165) is 30.7 Å². The van der Waals surface area contributed by atoms with Crippen molar-refractivity contribution in [3.8, 4) is 5.75 Å². The highest BCUT2D eigenvalue weighted by atomic mass is 35.5. The monoisotopic (exact) mass is 433 g/mol. The van der Waals surface area contributed by atoms with E-state index in [-0.39, 0.29) is 24.2 Å². The lowest BCUT2D eigenvalue weighted by molar-refractivity contribution is 0.0993. The summed E-state index contributed by atoms with van der Waals surface area (Å²) in [6.07, 6.45) is 2.90. The van der Waals surface area contributed by atoms with Gasteiger partial charge in [0.1, 0.15) is 24.0 Å². The fourth-order valence-electron chi connectivity index (χ4n) is 2.71.